The van der Waals surface area contributed by atoms with Crippen LogP contribution in [-0.2, 0) is 17.7 Å². The number of aliphatic imine (C=N–C) groups is 1. The highest BCUT2D eigenvalue weighted by Crippen LogP contribution is 2.14. The standard InChI is InChI=1S/C24H33FN4O2.HI/c1-2-26-24(27-11-10-21-7-3-4-9-23(21)25)28-19-20-6-5-8-22(18-20)31-17-14-29-12-15-30-16-13-29;/h3-9,18H,2,10-17,19H2,1H3,(H2,26,27,28);1H. The molecule has 0 atom stereocenters. The summed E-state index contributed by atoms with van der Waals surface area (Å²) >= 11 is 0. The van der Waals surface area contributed by atoms with E-state index in [0.29, 0.717) is 31.7 Å². The number of halogens is 2. The lowest BCUT2D eigenvalue weighted by Gasteiger charge is -2.26. The lowest BCUT2D eigenvalue weighted by atomic mass is 10.1. The summed E-state index contributed by atoms with van der Waals surface area (Å²) in [4.78, 5) is 7.01. The molecule has 0 amide bonds. The van der Waals surface area contributed by atoms with E-state index in [4.69, 9.17) is 9.47 Å². The summed E-state index contributed by atoms with van der Waals surface area (Å²) in [5, 5.41) is 6.51. The van der Waals surface area contributed by atoms with E-state index in [-0.39, 0.29) is 29.8 Å². The highest BCUT2D eigenvalue weighted by Gasteiger charge is 2.09. The number of nitrogens with one attached hydrogen (secondary N) is 2. The molecule has 1 saturated heterocycles. The Bertz CT molecular complexity index is 831. The molecule has 1 aliphatic rings. The Morgan fingerprint density at radius 2 is 1.94 bits per heavy atom. The summed E-state index contributed by atoms with van der Waals surface area (Å²) in [6.45, 7) is 9.03. The van der Waals surface area contributed by atoms with E-state index in [1.54, 1.807) is 6.07 Å². The Morgan fingerprint density at radius 1 is 1.12 bits per heavy atom. The zero-order valence-corrected chi connectivity index (χ0v) is 21.0. The predicted octanol–water partition coefficient (Wildman–Crippen LogP) is 3.45. The first-order valence-corrected chi connectivity index (χ1v) is 11.0. The van der Waals surface area contributed by atoms with Gasteiger partial charge in [-0.15, -0.1) is 24.0 Å². The molecule has 1 fully saturated rings. The summed E-state index contributed by atoms with van der Waals surface area (Å²) in [5.41, 5.74) is 1.78. The van der Waals surface area contributed by atoms with Crippen molar-refractivity contribution in [3.63, 3.8) is 0 Å². The molecule has 0 radical (unpaired) electrons. The van der Waals surface area contributed by atoms with Crippen LogP contribution in [0.25, 0.3) is 0 Å². The number of guanidine groups is 1. The maximum absolute atomic E-state index is 13.8. The van der Waals surface area contributed by atoms with Crippen molar-refractivity contribution in [2.75, 3.05) is 52.5 Å². The van der Waals surface area contributed by atoms with E-state index in [1.807, 2.05) is 43.3 Å². The van der Waals surface area contributed by atoms with E-state index >= 15 is 0 Å². The maximum atomic E-state index is 13.8. The molecule has 0 unspecified atom stereocenters. The van der Waals surface area contributed by atoms with Crippen LogP contribution < -0.4 is 15.4 Å². The van der Waals surface area contributed by atoms with Gasteiger partial charge in [0.15, 0.2) is 5.96 Å². The van der Waals surface area contributed by atoms with Crippen LogP contribution in [-0.4, -0.2) is 63.4 Å². The number of rotatable bonds is 10. The molecular formula is C24H34FIN4O2. The second-order valence-electron chi connectivity index (χ2n) is 7.41. The zero-order valence-electron chi connectivity index (χ0n) is 18.7. The van der Waals surface area contributed by atoms with Gasteiger partial charge in [-0.3, -0.25) is 4.90 Å². The summed E-state index contributed by atoms with van der Waals surface area (Å²) in [6.07, 6.45) is 0.601. The van der Waals surface area contributed by atoms with Gasteiger partial charge in [-0.25, -0.2) is 9.38 Å². The Labute approximate surface area is 207 Å². The number of hydrogen-bond acceptors (Lipinski definition) is 4. The molecule has 3 rings (SSSR count). The third-order valence-corrected chi connectivity index (χ3v) is 5.09. The van der Waals surface area contributed by atoms with E-state index in [2.05, 4.69) is 20.5 Å². The van der Waals surface area contributed by atoms with E-state index in [0.717, 1.165) is 56.7 Å². The van der Waals surface area contributed by atoms with Gasteiger partial charge in [0.2, 0.25) is 0 Å². The van der Waals surface area contributed by atoms with Crippen LogP contribution in [0.1, 0.15) is 18.1 Å². The summed E-state index contributed by atoms with van der Waals surface area (Å²) in [7, 11) is 0. The third kappa shape index (κ3) is 9.30. The number of hydrogen-bond donors (Lipinski definition) is 2. The average Bonchev–Trinajstić information content (AvgIpc) is 2.80. The highest BCUT2D eigenvalue weighted by molar-refractivity contribution is 14.0. The minimum absolute atomic E-state index is 0. The van der Waals surface area contributed by atoms with Crippen LogP contribution in [0, 0.1) is 5.82 Å². The molecule has 0 aromatic heterocycles. The van der Waals surface area contributed by atoms with Crippen molar-refractivity contribution in [3.8, 4) is 5.75 Å². The smallest absolute Gasteiger partial charge is 0.191 e. The van der Waals surface area contributed by atoms with Crippen LogP contribution in [0.2, 0.25) is 0 Å². The van der Waals surface area contributed by atoms with Gasteiger partial charge >= 0.3 is 0 Å². The third-order valence-electron chi connectivity index (χ3n) is 5.09. The molecule has 2 aromatic carbocycles. The monoisotopic (exact) mass is 556 g/mol. The van der Waals surface area contributed by atoms with Crippen LogP contribution >= 0.6 is 24.0 Å². The number of benzene rings is 2. The van der Waals surface area contributed by atoms with Gasteiger partial charge in [0.05, 0.1) is 19.8 Å². The number of ether oxygens (including phenoxy) is 2. The molecule has 0 saturated carbocycles. The summed E-state index contributed by atoms with van der Waals surface area (Å²) in [5.74, 6) is 1.41. The molecule has 8 heteroatoms. The van der Waals surface area contributed by atoms with E-state index in [1.165, 1.54) is 6.07 Å². The Hall–Kier alpha value is -1.91. The van der Waals surface area contributed by atoms with Gasteiger partial charge < -0.3 is 20.1 Å². The van der Waals surface area contributed by atoms with Crippen LogP contribution in [0.5, 0.6) is 5.75 Å². The van der Waals surface area contributed by atoms with Crippen molar-refractivity contribution >= 4 is 29.9 Å². The molecule has 0 bridgehead atoms. The second-order valence-corrected chi connectivity index (χ2v) is 7.41. The maximum Gasteiger partial charge on any atom is 0.191 e. The van der Waals surface area contributed by atoms with Gasteiger partial charge in [0.1, 0.15) is 18.2 Å². The van der Waals surface area contributed by atoms with Gasteiger partial charge in [-0.2, -0.15) is 0 Å². The van der Waals surface area contributed by atoms with Gasteiger partial charge in [0, 0.05) is 32.7 Å². The molecule has 32 heavy (non-hydrogen) atoms. The SMILES string of the molecule is CCNC(=NCc1cccc(OCCN2CCOCC2)c1)NCCc1ccccc1F.I. The largest absolute Gasteiger partial charge is 0.492 e. The van der Waals surface area contributed by atoms with Crippen molar-refractivity contribution in [3.05, 3.63) is 65.5 Å². The Balaban J connectivity index is 0.00000363. The zero-order chi connectivity index (χ0) is 21.7. The fourth-order valence-electron chi connectivity index (χ4n) is 3.38. The lowest BCUT2D eigenvalue weighted by molar-refractivity contribution is 0.0322. The molecule has 2 aromatic rings. The van der Waals surface area contributed by atoms with E-state index in [9.17, 15) is 4.39 Å². The highest BCUT2D eigenvalue weighted by atomic mass is 127. The second kappa shape index (κ2) is 15.0. The summed E-state index contributed by atoms with van der Waals surface area (Å²) < 4.78 is 25.1. The van der Waals surface area contributed by atoms with Crippen molar-refractivity contribution < 1.29 is 13.9 Å². The molecule has 0 spiro atoms. The molecule has 2 N–H and O–H groups in total. The van der Waals surface area contributed by atoms with Crippen LogP contribution in [0.4, 0.5) is 4.39 Å². The fourth-order valence-corrected chi connectivity index (χ4v) is 3.38. The first-order valence-electron chi connectivity index (χ1n) is 11.0. The fraction of sp³-hybridized carbons (Fsp3) is 0.458. The normalized spacial score (nSPS) is 14.5. The van der Waals surface area contributed by atoms with Crippen molar-refractivity contribution in [2.45, 2.75) is 19.9 Å². The summed E-state index contributed by atoms with van der Waals surface area (Å²) in [6, 6.07) is 14.9. The molecular weight excluding hydrogens is 522 g/mol. The van der Waals surface area contributed by atoms with Gasteiger partial charge in [-0.05, 0) is 42.7 Å². The minimum atomic E-state index is -0.170. The molecule has 0 aliphatic carbocycles. The lowest BCUT2D eigenvalue weighted by Crippen LogP contribution is -2.38. The van der Waals surface area contributed by atoms with Crippen molar-refractivity contribution in [2.24, 2.45) is 4.99 Å². The topological polar surface area (TPSA) is 58.1 Å². The van der Waals surface area contributed by atoms with Crippen molar-refractivity contribution in [1.29, 1.82) is 0 Å². The predicted molar refractivity (Wildman–Crippen MR) is 138 cm³/mol. The first-order chi connectivity index (χ1) is 15.2. The number of morpholine rings is 1. The number of nitrogens with zero attached hydrogens (tertiary/aromatic N) is 2. The van der Waals surface area contributed by atoms with Crippen LogP contribution in [0.3, 0.4) is 0 Å². The minimum Gasteiger partial charge on any atom is -0.492 e. The molecule has 176 valence electrons. The molecule has 1 heterocycles. The quantitative estimate of drug-likeness (QED) is 0.267. The van der Waals surface area contributed by atoms with Crippen molar-refractivity contribution in [1.82, 2.24) is 15.5 Å². The Morgan fingerprint density at radius 3 is 2.72 bits per heavy atom. The molecule has 1 aliphatic heterocycles. The average molecular weight is 556 g/mol. The van der Waals surface area contributed by atoms with Crippen LogP contribution in [0.15, 0.2) is 53.5 Å². The van der Waals surface area contributed by atoms with E-state index < -0.39 is 0 Å². The van der Waals surface area contributed by atoms with Gasteiger partial charge in [0.25, 0.3) is 0 Å². The first kappa shape index (κ1) is 26.3. The molecule has 6 nitrogen and oxygen atoms in total. The Kier molecular flexibility index (Phi) is 12.4. The van der Waals surface area contributed by atoms with Gasteiger partial charge in [-0.1, -0.05) is 30.3 Å².